The third-order valence-corrected chi connectivity index (χ3v) is 8.86. The summed E-state index contributed by atoms with van der Waals surface area (Å²) in [5.41, 5.74) is 2.55. The van der Waals surface area contributed by atoms with Crippen LogP contribution in [-0.4, -0.2) is 46.7 Å². The fourth-order valence-electron chi connectivity index (χ4n) is 5.02. The lowest BCUT2D eigenvalue weighted by atomic mass is 10.1. The number of hydrogen-bond donors (Lipinski definition) is 3. The number of aryl methyl sites for hydroxylation is 1. The number of rotatable bonds is 11. The molecule has 3 N–H and O–H groups in total. The number of carboxylic acid groups (broad SMARTS) is 1. The van der Waals surface area contributed by atoms with E-state index < -0.39 is 16.0 Å². The van der Waals surface area contributed by atoms with E-state index in [1.165, 1.54) is 16.8 Å². The number of carbonyl (C=O) groups is 2. The number of carboxylic acids is 1. The molecule has 2 aromatic heterocycles. The Bertz CT molecular complexity index is 1730. The van der Waals surface area contributed by atoms with Crippen molar-refractivity contribution < 1.29 is 27.9 Å². The molecule has 4 aromatic rings. The van der Waals surface area contributed by atoms with Crippen molar-refractivity contribution in [3.8, 4) is 17.3 Å². The number of carbonyl (C=O) groups excluding carboxylic acids is 1. The number of nitrogens with one attached hydrogen (secondary N) is 2. The van der Waals surface area contributed by atoms with Crippen LogP contribution >= 0.6 is 0 Å². The van der Waals surface area contributed by atoms with Gasteiger partial charge in [0.1, 0.15) is 10.6 Å². The lowest BCUT2D eigenvalue weighted by Crippen LogP contribution is -2.27. The molecule has 1 aliphatic rings. The van der Waals surface area contributed by atoms with Gasteiger partial charge in [-0.15, -0.1) is 0 Å². The standard InChI is InChI=1S/C31H33N5O6S/c1-20-10-13-25(14-11-20)36-30(21(2)28(35-36)31(38)39)42-26-15-12-24(34-29(37)22-7-3-4-8-22)19-27(26)43(40,41)33-18-16-23-9-5-6-17-32-23/h5-6,9-15,17,19,22,33H,3-4,7-8,16,18H2,1-2H3,(H,34,37)(H,38,39). The van der Waals surface area contributed by atoms with Crippen LogP contribution in [0.3, 0.4) is 0 Å². The second kappa shape index (κ2) is 12.8. The Balaban J connectivity index is 1.51. The fraction of sp³-hybridized carbons (Fsp3) is 0.290. The lowest BCUT2D eigenvalue weighted by Gasteiger charge is -2.17. The quantitative estimate of drug-likeness (QED) is 0.216. The molecule has 0 spiro atoms. The third kappa shape index (κ3) is 6.92. The average Bonchev–Trinajstić information content (AvgIpc) is 3.64. The van der Waals surface area contributed by atoms with Gasteiger partial charge in [0.25, 0.3) is 0 Å². The highest BCUT2D eigenvalue weighted by atomic mass is 32.2. The van der Waals surface area contributed by atoms with Gasteiger partial charge in [-0.05, 0) is 69.2 Å². The van der Waals surface area contributed by atoms with Gasteiger partial charge in [-0.3, -0.25) is 9.78 Å². The molecule has 0 saturated heterocycles. The van der Waals surface area contributed by atoms with Crippen LogP contribution in [0, 0.1) is 19.8 Å². The second-order valence-electron chi connectivity index (χ2n) is 10.5. The molecule has 1 saturated carbocycles. The number of aromatic carboxylic acids is 1. The first-order valence-corrected chi connectivity index (χ1v) is 15.5. The van der Waals surface area contributed by atoms with E-state index >= 15 is 0 Å². The first-order valence-electron chi connectivity index (χ1n) is 14.0. The van der Waals surface area contributed by atoms with Crippen LogP contribution in [0.1, 0.15) is 53.0 Å². The first-order chi connectivity index (χ1) is 20.6. The van der Waals surface area contributed by atoms with E-state index in [4.69, 9.17) is 4.74 Å². The van der Waals surface area contributed by atoms with Crippen LogP contribution in [0.2, 0.25) is 0 Å². The van der Waals surface area contributed by atoms with Crippen molar-refractivity contribution >= 4 is 27.6 Å². The van der Waals surface area contributed by atoms with E-state index in [0.29, 0.717) is 17.8 Å². The molecule has 43 heavy (non-hydrogen) atoms. The molecule has 0 unspecified atom stereocenters. The molecular weight excluding hydrogens is 570 g/mol. The molecule has 2 aromatic carbocycles. The van der Waals surface area contributed by atoms with Crippen LogP contribution in [0.25, 0.3) is 5.69 Å². The maximum Gasteiger partial charge on any atom is 0.356 e. The highest BCUT2D eigenvalue weighted by Gasteiger charge is 2.28. The van der Waals surface area contributed by atoms with E-state index in [-0.39, 0.29) is 46.2 Å². The number of aromatic nitrogens is 3. The number of nitrogens with zero attached hydrogens (tertiary/aromatic N) is 3. The Kier molecular flexibility index (Phi) is 8.88. The molecule has 0 atom stereocenters. The van der Waals surface area contributed by atoms with Gasteiger partial charge in [0.2, 0.25) is 21.8 Å². The number of hydrogen-bond acceptors (Lipinski definition) is 7. The van der Waals surface area contributed by atoms with Crippen molar-refractivity contribution in [1.82, 2.24) is 19.5 Å². The Morgan fingerprint density at radius 3 is 2.47 bits per heavy atom. The summed E-state index contributed by atoms with van der Waals surface area (Å²) in [6, 6.07) is 17.0. The summed E-state index contributed by atoms with van der Waals surface area (Å²) in [6.45, 7) is 3.54. The van der Waals surface area contributed by atoms with Crippen molar-refractivity contribution in [1.29, 1.82) is 0 Å². The lowest BCUT2D eigenvalue weighted by molar-refractivity contribution is -0.119. The number of anilines is 1. The molecule has 224 valence electrons. The summed E-state index contributed by atoms with van der Waals surface area (Å²) < 4.78 is 37.5. The van der Waals surface area contributed by atoms with Crippen molar-refractivity contribution in [2.24, 2.45) is 5.92 Å². The highest BCUT2D eigenvalue weighted by molar-refractivity contribution is 7.89. The van der Waals surface area contributed by atoms with Gasteiger partial charge in [0.05, 0.1) is 5.69 Å². The fourth-order valence-corrected chi connectivity index (χ4v) is 6.20. The van der Waals surface area contributed by atoms with Gasteiger partial charge in [0.15, 0.2) is 5.69 Å². The highest BCUT2D eigenvalue weighted by Crippen LogP contribution is 2.36. The zero-order valence-electron chi connectivity index (χ0n) is 23.9. The smallest absolute Gasteiger partial charge is 0.356 e. The van der Waals surface area contributed by atoms with Crippen LogP contribution < -0.4 is 14.8 Å². The zero-order chi connectivity index (χ0) is 30.6. The SMILES string of the molecule is Cc1ccc(-n2nc(C(=O)O)c(C)c2Oc2ccc(NC(=O)C3CCCC3)cc2S(=O)(=O)NCCc2ccccn2)cc1. The van der Waals surface area contributed by atoms with Crippen molar-refractivity contribution in [2.45, 2.75) is 50.8 Å². The van der Waals surface area contributed by atoms with Gasteiger partial charge >= 0.3 is 5.97 Å². The van der Waals surface area contributed by atoms with Gasteiger partial charge in [0, 0.05) is 42.0 Å². The molecule has 12 heteroatoms. The maximum atomic E-state index is 13.7. The number of amides is 1. The molecule has 5 rings (SSSR count). The summed E-state index contributed by atoms with van der Waals surface area (Å²) in [7, 11) is -4.16. The molecule has 1 aliphatic carbocycles. The number of pyridine rings is 1. The summed E-state index contributed by atoms with van der Waals surface area (Å²) in [6.07, 6.45) is 5.55. The maximum absolute atomic E-state index is 13.7. The molecule has 2 heterocycles. The Labute approximate surface area is 250 Å². The number of sulfonamides is 1. The van der Waals surface area contributed by atoms with Crippen LogP contribution in [0.5, 0.6) is 11.6 Å². The molecule has 0 aliphatic heterocycles. The Morgan fingerprint density at radius 2 is 1.79 bits per heavy atom. The molecule has 0 radical (unpaired) electrons. The Morgan fingerprint density at radius 1 is 1.05 bits per heavy atom. The van der Waals surface area contributed by atoms with Crippen LogP contribution in [-0.2, 0) is 21.2 Å². The van der Waals surface area contributed by atoms with E-state index in [0.717, 1.165) is 36.9 Å². The summed E-state index contributed by atoms with van der Waals surface area (Å²) in [4.78, 5) is 28.8. The van der Waals surface area contributed by atoms with Crippen molar-refractivity contribution in [2.75, 3.05) is 11.9 Å². The molecule has 1 amide bonds. The first kappa shape index (κ1) is 29.9. The molecule has 1 fully saturated rings. The second-order valence-corrected chi connectivity index (χ2v) is 12.3. The average molecular weight is 604 g/mol. The van der Waals surface area contributed by atoms with Crippen molar-refractivity contribution in [3.05, 3.63) is 89.4 Å². The number of ether oxygens (including phenoxy) is 1. The summed E-state index contributed by atoms with van der Waals surface area (Å²) >= 11 is 0. The molecule has 11 nitrogen and oxygen atoms in total. The van der Waals surface area contributed by atoms with Gasteiger partial charge in [-0.2, -0.15) is 9.78 Å². The Hall–Kier alpha value is -4.55. The largest absolute Gasteiger partial charge is 0.476 e. The molecular formula is C31H33N5O6S. The van der Waals surface area contributed by atoms with Gasteiger partial charge in [-0.1, -0.05) is 36.6 Å². The van der Waals surface area contributed by atoms with E-state index in [1.54, 1.807) is 43.5 Å². The minimum absolute atomic E-state index is 0.0499. The number of benzene rings is 2. The van der Waals surface area contributed by atoms with Gasteiger partial charge < -0.3 is 15.2 Å². The predicted molar refractivity (Wildman–Crippen MR) is 160 cm³/mol. The summed E-state index contributed by atoms with van der Waals surface area (Å²) in [5, 5.41) is 16.9. The normalized spacial score (nSPS) is 13.6. The van der Waals surface area contributed by atoms with Crippen LogP contribution in [0.15, 0.2) is 71.8 Å². The van der Waals surface area contributed by atoms with E-state index in [1.807, 2.05) is 25.1 Å². The minimum Gasteiger partial charge on any atom is -0.476 e. The third-order valence-electron chi connectivity index (χ3n) is 7.38. The monoisotopic (exact) mass is 603 g/mol. The topological polar surface area (TPSA) is 153 Å². The van der Waals surface area contributed by atoms with E-state index in [9.17, 15) is 23.1 Å². The summed E-state index contributed by atoms with van der Waals surface area (Å²) in [5.74, 6) is -1.53. The van der Waals surface area contributed by atoms with Crippen molar-refractivity contribution in [3.63, 3.8) is 0 Å². The van der Waals surface area contributed by atoms with E-state index in [2.05, 4.69) is 20.1 Å². The molecule has 0 bridgehead atoms. The zero-order valence-corrected chi connectivity index (χ0v) is 24.7. The minimum atomic E-state index is -4.16. The predicted octanol–water partition coefficient (Wildman–Crippen LogP) is 5.02. The van der Waals surface area contributed by atoms with Gasteiger partial charge in [-0.25, -0.2) is 17.9 Å². The van der Waals surface area contributed by atoms with Crippen LogP contribution in [0.4, 0.5) is 5.69 Å².